The summed E-state index contributed by atoms with van der Waals surface area (Å²) in [5.41, 5.74) is 1.26. The van der Waals surface area contributed by atoms with Gasteiger partial charge in [0, 0.05) is 30.8 Å². The maximum absolute atomic E-state index is 12.2. The summed E-state index contributed by atoms with van der Waals surface area (Å²) in [4.78, 5) is 33.0. The second-order valence-electron chi connectivity index (χ2n) is 5.51. The number of hydrogen-bond donors (Lipinski definition) is 1. The Morgan fingerprint density at radius 2 is 1.85 bits per heavy atom. The van der Waals surface area contributed by atoms with Crippen molar-refractivity contribution in [1.82, 2.24) is 14.9 Å². The van der Waals surface area contributed by atoms with Gasteiger partial charge in [0.2, 0.25) is 5.91 Å². The summed E-state index contributed by atoms with van der Waals surface area (Å²) < 4.78 is 0. The molecule has 0 aromatic carbocycles. The molecule has 1 fully saturated rings. The summed E-state index contributed by atoms with van der Waals surface area (Å²) >= 11 is 0. The molecule has 1 saturated heterocycles. The van der Waals surface area contributed by atoms with Gasteiger partial charge in [-0.2, -0.15) is 0 Å². The minimum Gasteiger partial charge on any atom is -0.343 e. The molecule has 5 nitrogen and oxygen atoms in total. The smallest absolute Gasteiger partial charge is 0.254 e. The molecular formula is C15H23N3O2. The van der Waals surface area contributed by atoms with E-state index in [0.717, 1.165) is 31.6 Å². The molecule has 2 rings (SSSR count). The molecule has 1 aromatic rings. The Bertz CT molecular complexity index is 528. The van der Waals surface area contributed by atoms with Crippen molar-refractivity contribution in [2.45, 2.75) is 52.4 Å². The number of amides is 1. The van der Waals surface area contributed by atoms with Crippen LogP contribution < -0.4 is 5.56 Å². The van der Waals surface area contributed by atoms with Gasteiger partial charge in [0.05, 0.1) is 0 Å². The van der Waals surface area contributed by atoms with Crippen LogP contribution in [0.1, 0.15) is 49.2 Å². The molecular weight excluding hydrogens is 254 g/mol. The lowest BCUT2D eigenvalue weighted by molar-refractivity contribution is -0.131. The molecule has 0 aliphatic carbocycles. The largest absolute Gasteiger partial charge is 0.343 e. The van der Waals surface area contributed by atoms with Crippen LogP contribution >= 0.6 is 0 Å². The summed E-state index contributed by atoms with van der Waals surface area (Å²) in [5.74, 6) is 0.779. The van der Waals surface area contributed by atoms with E-state index in [0.29, 0.717) is 24.2 Å². The first-order chi connectivity index (χ1) is 9.58. The Morgan fingerprint density at radius 1 is 1.20 bits per heavy atom. The van der Waals surface area contributed by atoms with Crippen LogP contribution in [0.15, 0.2) is 4.79 Å². The van der Waals surface area contributed by atoms with Crippen molar-refractivity contribution in [2.75, 3.05) is 13.1 Å². The maximum Gasteiger partial charge on any atom is 0.254 e. The van der Waals surface area contributed by atoms with Crippen LogP contribution in [0.5, 0.6) is 0 Å². The Labute approximate surface area is 119 Å². The van der Waals surface area contributed by atoms with Crippen molar-refractivity contribution in [3.8, 4) is 0 Å². The van der Waals surface area contributed by atoms with Gasteiger partial charge in [-0.15, -0.1) is 0 Å². The fraction of sp³-hybridized carbons (Fsp3) is 0.667. The lowest BCUT2D eigenvalue weighted by Gasteiger charge is -2.20. The van der Waals surface area contributed by atoms with Crippen LogP contribution in [0, 0.1) is 13.8 Å². The molecule has 0 saturated carbocycles. The molecule has 5 heteroatoms. The number of rotatable bonds is 3. The van der Waals surface area contributed by atoms with Crippen LogP contribution in [0.3, 0.4) is 0 Å². The normalized spacial score (nSPS) is 16.0. The number of carbonyl (C=O) groups is 1. The predicted octanol–water partition coefficient (Wildman–Crippen LogP) is 1.72. The number of aryl methyl sites for hydroxylation is 2. The van der Waals surface area contributed by atoms with E-state index in [4.69, 9.17) is 0 Å². The Morgan fingerprint density at radius 3 is 2.45 bits per heavy atom. The molecule has 0 radical (unpaired) electrons. The number of aromatic amines is 1. The lowest BCUT2D eigenvalue weighted by atomic mass is 10.1. The summed E-state index contributed by atoms with van der Waals surface area (Å²) in [6.07, 6.45) is 5.49. The number of carbonyl (C=O) groups excluding carboxylic acids is 1. The quantitative estimate of drug-likeness (QED) is 0.915. The first kappa shape index (κ1) is 14.8. The molecule has 0 bridgehead atoms. The average Bonchev–Trinajstić information content (AvgIpc) is 2.66. The zero-order chi connectivity index (χ0) is 14.5. The van der Waals surface area contributed by atoms with E-state index in [2.05, 4.69) is 9.97 Å². The van der Waals surface area contributed by atoms with Crippen LogP contribution in [0.25, 0.3) is 0 Å². The molecule has 1 N–H and O–H groups in total. The molecule has 1 amide bonds. The van der Waals surface area contributed by atoms with Crippen molar-refractivity contribution in [3.05, 3.63) is 27.4 Å². The lowest BCUT2D eigenvalue weighted by Crippen LogP contribution is -2.32. The monoisotopic (exact) mass is 277 g/mol. The summed E-state index contributed by atoms with van der Waals surface area (Å²) in [7, 11) is 0. The highest BCUT2D eigenvalue weighted by Crippen LogP contribution is 2.12. The number of H-pyrrole nitrogens is 1. The van der Waals surface area contributed by atoms with Crippen LogP contribution in [-0.4, -0.2) is 33.9 Å². The van der Waals surface area contributed by atoms with Gasteiger partial charge in [-0.1, -0.05) is 12.8 Å². The van der Waals surface area contributed by atoms with Crippen molar-refractivity contribution >= 4 is 5.91 Å². The van der Waals surface area contributed by atoms with Crippen molar-refractivity contribution < 1.29 is 4.79 Å². The zero-order valence-corrected chi connectivity index (χ0v) is 12.4. The van der Waals surface area contributed by atoms with Gasteiger partial charge in [-0.05, 0) is 33.1 Å². The third-order valence-electron chi connectivity index (χ3n) is 3.89. The molecule has 0 unspecified atom stereocenters. The van der Waals surface area contributed by atoms with Crippen LogP contribution in [-0.2, 0) is 11.2 Å². The fourth-order valence-corrected chi connectivity index (χ4v) is 2.76. The number of likely N-dealkylation sites (tertiary alicyclic amines) is 1. The van der Waals surface area contributed by atoms with Crippen molar-refractivity contribution in [2.24, 2.45) is 0 Å². The predicted molar refractivity (Wildman–Crippen MR) is 77.7 cm³/mol. The van der Waals surface area contributed by atoms with E-state index in [1.165, 1.54) is 12.8 Å². The van der Waals surface area contributed by atoms with E-state index in [-0.39, 0.29) is 11.5 Å². The summed E-state index contributed by atoms with van der Waals surface area (Å²) in [6.45, 7) is 5.31. The Balaban J connectivity index is 1.98. The Hall–Kier alpha value is -1.65. The van der Waals surface area contributed by atoms with Gasteiger partial charge in [-0.3, -0.25) is 9.59 Å². The van der Waals surface area contributed by atoms with E-state index in [1.54, 1.807) is 6.92 Å². The van der Waals surface area contributed by atoms with Crippen molar-refractivity contribution in [3.63, 3.8) is 0 Å². The zero-order valence-electron chi connectivity index (χ0n) is 12.4. The SMILES string of the molecule is Cc1nc(C)c(CCC(=O)N2CCCCCC2)c(=O)[nH]1. The van der Waals surface area contributed by atoms with Gasteiger partial charge < -0.3 is 9.88 Å². The van der Waals surface area contributed by atoms with Crippen LogP contribution in [0.4, 0.5) is 0 Å². The van der Waals surface area contributed by atoms with Gasteiger partial charge in [-0.25, -0.2) is 4.98 Å². The average molecular weight is 277 g/mol. The number of nitrogens with zero attached hydrogens (tertiary/aromatic N) is 2. The van der Waals surface area contributed by atoms with Crippen LogP contribution in [0.2, 0.25) is 0 Å². The Kier molecular flexibility index (Phi) is 4.93. The van der Waals surface area contributed by atoms with Gasteiger partial charge in [0.25, 0.3) is 5.56 Å². The summed E-state index contributed by atoms with van der Waals surface area (Å²) in [5, 5.41) is 0. The topological polar surface area (TPSA) is 66.1 Å². The molecule has 1 aliphatic rings. The number of aromatic nitrogens is 2. The molecule has 110 valence electrons. The highest BCUT2D eigenvalue weighted by molar-refractivity contribution is 5.76. The number of hydrogen-bond acceptors (Lipinski definition) is 3. The molecule has 1 aliphatic heterocycles. The van der Waals surface area contributed by atoms with Gasteiger partial charge >= 0.3 is 0 Å². The van der Waals surface area contributed by atoms with E-state index >= 15 is 0 Å². The summed E-state index contributed by atoms with van der Waals surface area (Å²) in [6, 6.07) is 0. The van der Waals surface area contributed by atoms with Crippen molar-refractivity contribution in [1.29, 1.82) is 0 Å². The second kappa shape index (κ2) is 6.68. The number of nitrogens with one attached hydrogen (secondary N) is 1. The second-order valence-corrected chi connectivity index (χ2v) is 5.51. The van der Waals surface area contributed by atoms with E-state index in [1.807, 2.05) is 11.8 Å². The van der Waals surface area contributed by atoms with Gasteiger partial charge in [0.15, 0.2) is 0 Å². The maximum atomic E-state index is 12.2. The third-order valence-corrected chi connectivity index (χ3v) is 3.89. The first-order valence-electron chi connectivity index (χ1n) is 7.42. The standard InChI is InChI=1S/C15H23N3O2/c1-11-13(15(20)17-12(2)16-11)7-8-14(19)18-9-5-3-4-6-10-18/h3-10H2,1-2H3,(H,16,17,20). The molecule has 20 heavy (non-hydrogen) atoms. The minimum absolute atomic E-state index is 0.112. The molecule has 0 spiro atoms. The first-order valence-corrected chi connectivity index (χ1v) is 7.42. The van der Waals surface area contributed by atoms with E-state index in [9.17, 15) is 9.59 Å². The minimum atomic E-state index is -0.112. The molecule has 1 aromatic heterocycles. The highest BCUT2D eigenvalue weighted by Gasteiger charge is 2.16. The van der Waals surface area contributed by atoms with E-state index < -0.39 is 0 Å². The fourth-order valence-electron chi connectivity index (χ4n) is 2.76. The van der Waals surface area contributed by atoms with Gasteiger partial charge in [0.1, 0.15) is 5.82 Å². The highest BCUT2D eigenvalue weighted by atomic mass is 16.2. The molecule has 2 heterocycles. The molecule has 0 atom stereocenters. The third kappa shape index (κ3) is 3.68.